The highest BCUT2D eigenvalue weighted by Gasteiger charge is 2.19. The smallest absolute Gasteiger partial charge is 0.264 e. The van der Waals surface area contributed by atoms with E-state index in [4.69, 9.17) is 4.42 Å². The normalized spacial score (nSPS) is 12.4. The molecule has 0 fully saturated rings. The summed E-state index contributed by atoms with van der Waals surface area (Å²) >= 11 is 1.49. The minimum atomic E-state index is -3.85. The predicted octanol–water partition coefficient (Wildman–Crippen LogP) is 4.14. The monoisotopic (exact) mass is 460 g/mol. The van der Waals surface area contributed by atoms with Gasteiger partial charge in [-0.05, 0) is 62.7 Å². The number of nitrogens with one attached hydrogen (secondary N) is 2. The van der Waals surface area contributed by atoms with Gasteiger partial charge in [0.15, 0.2) is 0 Å². The third-order valence-corrected chi connectivity index (χ3v) is 7.06. The molecular weight excluding hydrogens is 436 g/mol. The Bertz CT molecular complexity index is 1110. The molecule has 3 rings (SSSR count). The molecule has 2 N–H and O–H groups in total. The summed E-state index contributed by atoms with van der Waals surface area (Å²) in [6.07, 6.45) is 2.26. The fourth-order valence-electron chi connectivity index (χ4n) is 2.85. The molecule has 8 nitrogen and oxygen atoms in total. The number of benzene rings is 1. The Balaban J connectivity index is 1.63. The quantitative estimate of drug-likeness (QED) is 0.493. The van der Waals surface area contributed by atoms with Crippen LogP contribution in [0.3, 0.4) is 0 Å². The lowest BCUT2D eigenvalue weighted by Gasteiger charge is -2.14. The zero-order valence-corrected chi connectivity index (χ0v) is 19.1. The van der Waals surface area contributed by atoms with Gasteiger partial charge in [-0.15, -0.1) is 11.8 Å². The fraction of sp³-hybridized carbons (Fsp3) is 0.286. The van der Waals surface area contributed by atoms with E-state index in [1.54, 1.807) is 38.3 Å². The highest BCUT2D eigenvalue weighted by molar-refractivity contribution is 7.99. The molecule has 10 heteroatoms. The van der Waals surface area contributed by atoms with E-state index in [9.17, 15) is 13.2 Å². The average Bonchev–Trinajstić information content (AvgIpc) is 3.21. The SMILES string of the molecule is CCC(SCc1ccco1)C(=O)Nc1ccc(S(=O)(=O)Nc2nc(C)cc(C)n2)cc1. The molecule has 0 radical (unpaired) electrons. The van der Waals surface area contributed by atoms with Gasteiger partial charge in [0, 0.05) is 17.1 Å². The van der Waals surface area contributed by atoms with Crippen molar-refractivity contribution < 1.29 is 17.6 Å². The summed E-state index contributed by atoms with van der Waals surface area (Å²) in [6.45, 7) is 5.47. The molecule has 164 valence electrons. The standard InChI is InChI=1S/C21H24N4O4S2/c1-4-19(30-13-17-6-5-11-29-17)20(26)24-16-7-9-18(10-8-16)31(27,28)25-21-22-14(2)12-15(3)23-21/h5-12,19H,4,13H2,1-3H3,(H,24,26)(H,22,23,25). The maximum absolute atomic E-state index is 12.6. The second-order valence-corrected chi connectivity index (χ2v) is 9.75. The summed E-state index contributed by atoms with van der Waals surface area (Å²) < 4.78 is 32.9. The van der Waals surface area contributed by atoms with Crippen LogP contribution in [0.1, 0.15) is 30.5 Å². The number of rotatable bonds is 9. The first-order valence-electron chi connectivity index (χ1n) is 9.67. The lowest BCUT2D eigenvalue weighted by molar-refractivity contribution is -0.115. The van der Waals surface area contributed by atoms with Crippen LogP contribution in [0.15, 0.2) is 58.0 Å². The van der Waals surface area contributed by atoms with E-state index < -0.39 is 10.0 Å². The molecule has 0 spiro atoms. The zero-order valence-electron chi connectivity index (χ0n) is 17.5. The number of aromatic nitrogens is 2. The first-order chi connectivity index (χ1) is 14.8. The molecule has 1 aromatic carbocycles. The van der Waals surface area contributed by atoms with Crippen LogP contribution in [0.25, 0.3) is 0 Å². The zero-order chi connectivity index (χ0) is 22.4. The highest BCUT2D eigenvalue weighted by Crippen LogP contribution is 2.23. The fourth-order valence-corrected chi connectivity index (χ4v) is 4.77. The second kappa shape index (κ2) is 9.97. The van der Waals surface area contributed by atoms with Gasteiger partial charge in [0.25, 0.3) is 10.0 Å². The average molecular weight is 461 g/mol. The highest BCUT2D eigenvalue weighted by atomic mass is 32.2. The van der Waals surface area contributed by atoms with Gasteiger partial charge in [-0.1, -0.05) is 6.92 Å². The van der Waals surface area contributed by atoms with E-state index in [-0.39, 0.29) is 22.0 Å². The van der Waals surface area contributed by atoms with E-state index in [0.717, 1.165) is 5.76 Å². The lowest BCUT2D eigenvalue weighted by atomic mass is 10.3. The lowest BCUT2D eigenvalue weighted by Crippen LogP contribution is -2.24. The molecule has 0 saturated heterocycles. The molecule has 0 aliphatic heterocycles. The van der Waals surface area contributed by atoms with Crippen LogP contribution >= 0.6 is 11.8 Å². The number of thioether (sulfide) groups is 1. The first-order valence-corrected chi connectivity index (χ1v) is 12.2. The molecular formula is C21H24N4O4S2. The number of amides is 1. The van der Waals surface area contributed by atoms with E-state index in [2.05, 4.69) is 20.0 Å². The summed E-state index contributed by atoms with van der Waals surface area (Å²) in [5.41, 5.74) is 1.85. The Morgan fingerprint density at radius 1 is 1.13 bits per heavy atom. The third-order valence-electron chi connectivity index (χ3n) is 4.31. The Hall–Kier alpha value is -2.85. The van der Waals surface area contributed by atoms with Crippen molar-refractivity contribution >= 4 is 39.3 Å². The van der Waals surface area contributed by atoms with Crippen LogP contribution < -0.4 is 10.0 Å². The first kappa shape index (κ1) is 22.8. The van der Waals surface area contributed by atoms with Crippen molar-refractivity contribution in [1.29, 1.82) is 0 Å². The molecule has 0 aliphatic rings. The van der Waals surface area contributed by atoms with Gasteiger partial charge in [-0.3, -0.25) is 4.79 Å². The molecule has 3 aromatic rings. The van der Waals surface area contributed by atoms with Crippen molar-refractivity contribution in [2.45, 2.75) is 43.1 Å². The number of hydrogen-bond donors (Lipinski definition) is 2. The Kier molecular flexibility index (Phi) is 7.34. The molecule has 1 amide bonds. The predicted molar refractivity (Wildman–Crippen MR) is 121 cm³/mol. The summed E-state index contributed by atoms with van der Waals surface area (Å²) in [6, 6.07) is 11.4. The van der Waals surface area contributed by atoms with Gasteiger partial charge in [-0.2, -0.15) is 0 Å². The summed E-state index contributed by atoms with van der Waals surface area (Å²) in [5, 5.41) is 2.58. The van der Waals surface area contributed by atoms with Crippen LogP contribution in [0.5, 0.6) is 0 Å². The van der Waals surface area contributed by atoms with Crippen LogP contribution in [0, 0.1) is 13.8 Å². The summed E-state index contributed by atoms with van der Waals surface area (Å²) in [4.78, 5) is 20.8. The van der Waals surface area contributed by atoms with Crippen molar-refractivity contribution in [2.75, 3.05) is 10.0 Å². The molecule has 31 heavy (non-hydrogen) atoms. The van der Waals surface area contributed by atoms with Gasteiger partial charge in [-0.25, -0.2) is 23.1 Å². The summed E-state index contributed by atoms with van der Waals surface area (Å²) in [7, 11) is -3.85. The minimum Gasteiger partial charge on any atom is -0.468 e. The molecule has 2 heterocycles. The van der Waals surface area contributed by atoms with Gasteiger partial charge < -0.3 is 9.73 Å². The van der Waals surface area contributed by atoms with Gasteiger partial charge in [0.05, 0.1) is 22.2 Å². The number of carbonyl (C=O) groups excluding carboxylic acids is 1. The molecule has 2 aromatic heterocycles. The molecule has 1 unspecified atom stereocenters. The number of aryl methyl sites for hydroxylation is 2. The van der Waals surface area contributed by atoms with Crippen LogP contribution in [0.4, 0.5) is 11.6 Å². The topological polar surface area (TPSA) is 114 Å². The van der Waals surface area contributed by atoms with Gasteiger partial charge in [0.1, 0.15) is 5.76 Å². The van der Waals surface area contributed by atoms with Crippen molar-refractivity contribution in [3.05, 3.63) is 65.9 Å². The largest absolute Gasteiger partial charge is 0.468 e. The van der Waals surface area contributed by atoms with Gasteiger partial charge in [0.2, 0.25) is 11.9 Å². The van der Waals surface area contributed by atoms with Crippen LogP contribution in [-0.4, -0.2) is 29.5 Å². The number of sulfonamides is 1. The summed E-state index contributed by atoms with van der Waals surface area (Å²) in [5.74, 6) is 1.29. The minimum absolute atomic E-state index is 0.0225. The molecule has 0 bridgehead atoms. The maximum Gasteiger partial charge on any atom is 0.264 e. The Morgan fingerprint density at radius 3 is 2.39 bits per heavy atom. The third kappa shape index (κ3) is 6.31. The van der Waals surface area contributed by atoms with Crippen molar-refractivity contribution in [2.24, 2.45) is 0 Å². The second-order valence-electron chi connectivity index (χ2n) is 6.88. The number of nitrogens with zero attached hydrogens (tertiary/aromatic N) is 2. The van der Waals surface area contributed by atoms with E-state index in [1.165, 1.54) is 23.9 Å². The number of hydrogen-bond acceptors (Lipinski definition) is 7. The number of anilines is 2. The number of furan rings is 1. The van der Waals surface area contributed by atoms with E-state index >= 15 is 0 Å². The van der Waals surface area contributed by atoms with Gasteiger partial charge >= 0.3 is 0 Å². The van der Waals surface area contributed by atoms with Crippen molar-refractivity contribution in [1.82, 2.24) is 9.97 Å². The van der Waals surface area contributed by atoms with E-state index in [0.29, 0.717) is 29.2 Å². The molecule has 0 aliphatic carbocycles. The molecule has 1 atom stereocenters. The Labute approximate surface area is 185 Å². The van der Waals surface area contributed by atoms with Crippen molar-refractivity contribution in [3.8, 4) is 0 Å². The molecule has 0 saturated carbocycles. The number of carbonyl (C=O) groups is 1. The maximum atomic E-state index is 12.6. The van der Waals surface area contributed by atoms with Crippen LogP contribution in [0.2, 0.25) is 0 Å². The van der Waals surface area contributed by atoms with Crippen molar-refractivity contribution in [3.63, 3.8) is 0 Å². The van der Waals surface area contributed by atoms with E-state index in [1.807, 2.05) is 19.1 Å². The Morgan fingerprint density at radius 2 is 1.81 bits per heavy atom. The van der Waals surface area contributed by atoms with Crippen LogP contribution in [-0.2, 0) is 20.6 Å².